The molecule has 0 aliphatic rings. The number of hydrogen-bond donors (Lipinski definition) is 1. The first-order valence-electron chi connectivity index (χ1n) is 10.2. The number of nitrogens with one attached hydrogen (secondary N) is 1. The lowest BCUT2D eigenvalue weighted by Crippen LogP contribution is -2.09. The van der Waals surface area contributed by atoms with Gasteiger partial charge >= 0.3 is 0 Å². The van der Waals surface area contributed by atoms with Crippen molar-refractivity contribution in [1.29, 1.82) is 0 Å². The minimum Gasteiger partial charge on any atom is -0.309 e. The van der Waals surface area contributed by atoms with Crippen LogP contribution in [0.15, 0.2) is 67.1 Å². The highest BCUT2D eigenvalue weighted by molar-refractivity contribution is 5.82. The van der Waals surface area contributed by atoms with Crippen LogP contribution in [0.3, 0.4) is 0 Å². The molecule has 0 fully saturated rings. The quantitative estimate of drug-likeness (QED) is 0.413. The second kappa shape index (κ2) is 8.58. The highest BCUT2D eigenvalue weighted by atomic mass is 19.1. The highest BCUT2D eigenvalue weighted by Crippen LogP contribution is 2.21. The van der Waals surface area contributed by atoms with Crippen molar-refractivity contribution in [2.45, 2.75) is 12.8 Å². The van der Waals surface area contributed by atoms with Crippen molar-refractivity contribution >= 4 is 23.2 Å². The van der Waals surface area contributed by atoms with Gasteiger partial charge in [-0.3, -0.25) is 13.9 Å². The Labute approximate surface area is 188 Å². The Morgan fingerprint density at radius 2 is 1.88 bits per heavy atom. The standard InChI is InChI=1S/C23H19FN8O/c1-31-20(7-10-26-31)28-23-25-9-6-19(27-23)16-8-11-32-21(13-16)29-30-22(32)14-18(33)12-15-2-4-17(24)5-3-15/h2-11,13H,12,14H2,1H3,(H,25,27,28). The van der Waals surface area contributed by atoms with E-state index < -0.39 is 0 Å². The van der Waals surface area contributed by atoms with E-state index in [1.807, 2.05) is 37.5 Å². The molecule has 0 saturated carbocycles. The summed E-state index contributed by atoms with van der Waals surface area (Å²) in [4.78, 5) is 21.3. The smallest absolute Gasteiger partial charge is 0.228 e. The average molecular weight is 442 g/mol. The third-order valence-electron chi connectivity index (χ3n) is 5.16. The van der Waals surface area contributed by atoms with Gasteiger partial charge in [0.15, 0.2) is 5.65 Å². The Hall–Kier alpha value is -4.47. The van der Waals surface area contributed by atoms with Gasteiger partial charge in [0.25, 0.3) is 0 Å². The van der Waals surface area contributed by atoms with E-state index in [0.29, 0.717) is 23.1 Å². The normalized spacial score (nSPS) is 11.1. The molecule has 10 heteroatoms. The number of benzene rings is 1. The van der Waals surface area contributed by atoms with Gasteiger partial charge in [0.2, 0.25) is 5.95 Å². The van der Waals surface area contributed by atoms with Crippen LogP contribution in [0.4, 0.5) is 16.2 Å². The van der Waals surface area contributed by atoms with Crippen LogP contribution in [-0.2, 0) is 24.7 Å². The van der Waals surface area contributed by atoms with Crippen LogP contribution in [0.2, 0.25) is 0 Å². The van der Waals surface area contributed by atoms with Gasteiger partial charge in [0, 0.05) is 37.5 Å². The molecule has 164 valence electrons. The van der Waals surface area contributed by atoms with Gasteiger partial charge in [-0.25, -0.2) is 14.4 Å². The number of halogens is 1. The monoisotopic (exact) mass is 442 g/mol. The van der Waals surface area contributed by atoms with Crippen LogP contribution >= 0.6 is 0 Å². The number of carbonyl (C=O) groups excluding carboxylic acids is 1. The fourth-order valence-electron chi connectivity index (χ4n) is 3.48. The molecule has 1 aromatic carbocycles. The van der Waals surface area contributed by atoms with E-state index in [4.69, 9.17) is 0 Å². The predicted octanol–water partition coefficient (Wildman–Crippen LogP) is 3.16. The number of pyridine rings is 1. The fraction of sp³-hybridized carbons (Fsp3) is 0.130. The zero-order chi connectivity index (χ0) is 22.8. The Morgan fingerprint density at radius 1 is 1.03 bits per heavy atom. The molecule has 0 aliphatic carbocycles. The fourth-order valence-corrected chi connectivity index (χ4v) is 3.48. The number of hydrogen-bond acceptors (Lipinski definition) is 7. The summed E-state index contributed by atoms with van der Waals surface area (Å²) in [6.45, 7) is 0. The summed E-state index contributed by atoms with van der Waals surface area (Å²) in [7, 11) is 1.83. The van der Waals surface area contributed by atoms with Crippen LogP contribution in [0.5, 0.6) is 0 Å². The molecule has 0 unspecified atom stereocenters. The lowest BCUT2D eigenvalue weighted by atomic mass is 10.1. The SMILES string of the molecule is Cn1nccc1Nc1nccc(-c2ccn3c(CC(=O)Cc4ccc(F)cc4)nnc3c2)n1. The zero-order valence-corrected chi connectivity index (χ0v) is 17.7. The van der Waals surface area contributed by atoms with Gasteiger partial charge in [0.05, 0.1) is 18.3 Å². The van der Waals surface area contributed by atoms with Crippen molar-refractivity contribution in [1.82, 2.24) is 34.3 Å². The highest BCUT2D eigenvalue weighted by Gasteiger charge is 2.13. The summed E-state index contributed by atoms with van der Waals surface area (Å²) in [6, 6.07) is 13.3. The van der Waals surface area contributed by atoms with E-state index in [1.165, 1.54) is 12.1 Å². The summed E-state index contributed by atoms with van der Waals surface area (Å²) in [5.74, 6) is 1.42. The second-order valence-corrected chi connectivity index (χ2v) is 7.51. The molecule has 4 heterocycles. The molecular formula is C23H19FN8O. The van der Waals surface area contributed by atoms with E-state index in [1.54, 1.807) is 33.6 Å². The average Bonchev–Trinajstić information content (AvgIpc) is 3.41. The number of rotatable bonds is 7. The molecule has 5 rings (SSSR count). The van der Waals surface area contributed by atoms with Gasteiger partial charge in [-0.2, -0.15) is 5.10 Å². The molecule has 5 aromatic rings. The van der Waals surface area contributed by atoms with Crippen molar-refractivity contribution < 1.29 is 9.18 Å². The van der Waals surface area contributed by atoms with Crippen LogP contribution < -0.4 is 5.32 Å². The van der Waals surface area contributed by atoms with Crippen molar-refractivity contribution in [2.24, 2.45) is 7.05 Å². The molecule has 1 N–H and O–H groups in total. The largest absolute Gasteiger partial charge is 0.309 e. The Kier molecular flexibility index (Phi) is 5.31. The maximum Gasteiger partial charge on any atom is 0.228 e. The van der Waals surface area contributed by atoms with E-state index in [-0.39, 0.29) is 24.4 Å². The summed E-state index contributed by atoms with van der Waals surface area (Å²) >= 11 is 0. The van der Waals surface area contributed by atoms with E-state index in [2.05, 4.69) is 30.6 Å². The number of carbonyl (C=O) groups is 1. The van der Waals surface area contributed by atoms with Crippen molar-refractivity contribution in [3.63, 3.8) is 0 Å². The minimum absolute atomic E-state index is 0.0262. The molecule has 0 spiro atoms. The zero-order valence-electron chi connectivity index (χ0n) is 17.7. The summed E-state index contributed by atoms with van der Waals surface area (Å²) < 4.78 is 16.5. The maximum absolute atomic E-state index is 13.1. The summed E-state index contributed by atoms with van der Waals surface area (Å²) in [5, 5.41) is 15.6. The van der Waals surface area contributed by atoms with Crippen LogP contribution in [0.25, 0.3) is 16.9 Å². The van der Waals surface area contributed by atoms with Gasteiger partial charge in [-0.1, -0.05) is 12.1 Å². The Bertz CT molecular complexity index is 1440. The number of fused-ring (bicyclic) bond motifs is 1. The number of aromatic nitrogens is 7. The van der Waals surface area contributed by atoms with Gasteiger partial charge < -0.3 is 5.32 Å². The Balaban J connectivity index is 1.34. The van der Waals surface area contributed by atoms with E-state index >= 15 is 0 Å². The molecule has 0 radical (unpaired) electrons. The topological polar surface area (TPSA) is 103 Å². The molecule has 0 saturated heterocycles. The molecular weight excluding hydrogens is 423 g/mol. The van der Waals surface area contributed by atoms with Crippen LogP contribution in [0.1, 0.15) is 11.4 Å². The number of aryl methyl sites for hydroxylation is 1. The maximum atomic E-state index is 13.1. The van der Waals surface area contributed by atoms with Crippen molar-refractivity contribution in [2.75, 3.05) is 5.32 Å². The van der Waals surface area contributed by atoms with E-state index in [9.17, 15) is 9.18 Å². The Morgan fingerprint density at radius 3 is 2.67 bits per heavy atom. The van der Waals surface area contributed by atoms with E-state index in [0.717, 1.165) is 16.9 Å². The number of Topliss-reactive ketones (excluding diaryl/α,β-unsaturated/α-hetero) is 1. The van der Waals surface area contributed by atoms with Gasteiger partial charge in [-0.05, 0) is 35.9 Å². The molecule has 9 nitrogen and oxygen atoms in total. The van der Waals surface area contributed by atoms with Gasteiger partial charge in [-0.15, -0.1) is 10.2 Å². The van der Waals surface area contributed by atoms with Crippen molar-refractivity contribution in [3.8, 4) is 11.3 Å². The first kappa shape index (κ1) is 20.4. The molecule has 4 aromatic heterocycles. The number of ketones is 1. The second-order valence-electron chi connectivity index (χ2n) is 7.51. The lowest BCUT2D eigenvalue weighted by molar-refractivity contribution is -0.117. The minimum atomic E-state index is -0.325. The van der Waals surface area contributed by atoms with Crippen LogP contribution in [0, 0.1) is 5.82 Å². The van der Waals surface area contributed by atoms with Gasteiger partial charge in [0.1, 0.15) is 23.2 Å². The van der Waals surface area contributed by atoms with Crippen molar-refractivity contribution in [3.05, 3.63) is 84.3 Å². The molecule has 0 bridgehead atoms. The molecule has 33 heavy (non-hydrogen) atoms. The summed E-state index contributed by atoms with van der Waals surface area (Å²) in [5.41, 5.74) is 2.93. The first-order valence-corrected chi connectivity index (χ1v) is 10.2. The predicted molar refractivity (Wildman–Crippen MR) is 119 cm³/mol. The lowest BCUT2D eigenvalue weighted by Gasteiger charge is -2.07. The summed E-state index contributed by atoms with van der Waals surface area (Å²) in [6.07, 6.45) is 5.52. The number of anilines is 2. The first-order chi connectivity index (χ1) is 16.0. The van der Waals surface area contributed by atoms with Crippen LogP contribution in [-0.4, -0.2) is 40.1 Å². The number of nitrogens with zero attached hydrogens (tertiary/aromatic N) is 7. The third kappa shape index (κ3) is 4.45. The third-order valence-corrected chi connectivity index (χ3v) is 5.16. The molecule has 0 amide bonds. The molecule has 0 atom stereocenters. The molecule has 0 aliphatic heterocycles.